The van der Waals surface area contributed by atoms with E-state index in [4.69, 9.17) is 0 Å². The average molecular weight is 303 g/mol. The van der Waals surface area contributed by atoms with Crippen molar-refractivity contribution in [3.8, 4) is 5.88 Å². The molecule has 7 heteroatoms. The molecule has 0 amide bonds. The monoisotopic (exact) mass is 303 g/mol. The van der Waals surface area contributed by atoms with Crippen LogP contribution in [0.2, 0.25) is 0 Å². The zero-order valence-corrected chi connectivity index (χ0v) is 11.8. The molecule has 0 unspecified atom stereocenters. The SMILES string of the molecule is C=CCn1c(O)c(C(C)=Nc2cccc(F)c2)c(=O)[nH]c1=O. The number of halogens is 1. The molecule has 0 aliphatic heterocycles. The standard InChI is InChI=1S/C15H14FN3O3/c1-3-7-19-14(21)12(13(20)18-15(19)22)9(2)17-11-6-4-5-10(16)8-11/h3-6,8,21H,1,7H2,2H3,(H,18,20,22). The third kappa shape index (κ3) is 3.03. The van der Waals surface area contributed by atoms with Gasteiger partial charge in [-0.2, -0.15) is 0 Å². The molecule has 0 fully saturated rings. The minimum absolute atomic E-state index is 0.0295. The van der Waals surface area contributed by atoms with Crippen LogP contribution in [-0.2, 0) is 6.54 Å². The molecule has 1 aromatic heterocycles. The number of nitrogens with zero attached hydrogens (tertiary/aromatic N) is 2. The highest BCUT2D eigenvalue weighted by Gasteiger charge is 2.16. The molecule has 22 heavy (non-hydrogen) atoms. The molecule has 0 saturated heterocycles. The van der Waals surface area contributed by atoms with Crippen molar-refractivity contribution >= 4 is 11.4 Å². The molecule has 0 atom stereocenters. The maximum Gasteiger partial charge on any atom is 0.331 e. The van der Waals surface area contributed by atoms with E-state index in [0.29, 0.717) is 0 Å². The van der Waals surface area contributed by atoms with Crippen molar-refractivity contribution in [1.29, 1.82) is 0 Å². The highest BCUT2D eigenvalue weighted by Crippen LogP contribution is 2.17. The third-order valence-electron chi connectivity index (χ3n) is 2.95. The quantitative estimate of drug-likeness (QED) is 0.666. The van der Waals surface area contributed by atoms with Gasteiger partial charge in [0.1, 0.15) is 11.4 Å². The molecular formula is C15H14FN3O3. The number of H-pyrrole nitrogens is 1. The summed E-state index contributed by atoms with van der Waals surface area (Å²) in [5, 5.41) is 10.1. The smallest absolute Gasteiger partial charge is 0.331 e. The Morgan fingerprint density at radius 2 is 2.23 bits per heavy atom. The van der Waals surface area contributed by atoms with E-state index in [0.717, 1.165) is 4.57 Å². The lowest BCUT2D eigenvalue weighted by Crippen LogP contribution is -2.33. The van der Waals surface area contributed by atoms with Crippen LogP contribution in [-0.4, -0.2) is 20.4 Å². The number of aromatic hydroxyl groups is 1. The third-order valence-corrected chi connectivity index (χ3v) is 2.95. The van der Waals surface area contributed by atoms with Crippen LogP contribution in [0.4, 0.5) is 10.1 Å². The summed E-state index contributed by atoms with van der Waals surface area (Å²) in [7, 11) is 0. The van der Waals surface area contributed by atoms with Gasteiger partial charge in [0.2, 0.25) is 5.88 Å². The second-order valence-electron chi connectivity index (χ2n) is 4.53. The summed E-state index contributed by atoms with van der Waals surface area (Å²) in [5.74, 6) is -0.977. The van der Waals surface area contributed by atoms with Crippen LogP contribution in [0, 0.1) is 5.82 Å². The molecule has 2 aromatic rings. The average Bonchev–Trinajstić information content (AvgIpc) is 2.43. The van der Waals surface area contributed by atoms with Crippen LogP contribution in [0.25, 0.3) is 0 Å². The van der Waals surface area contributed by atoms with Crippen molar-refractivity contribution in [3.05, 3.63) is 69.1 Å². The maximum atomic E-state index is 13.2. The Balaban J connectivity index is 2.61. The first-order valence-corrected chi connectivity index (χ1v) is 6.42. The van der Waals surface area contributed by atoms with E-state index < -0.39 is 22.9 Å². The number of hydrogen-bond donors (Lipinski definition) is 2. The molecule has 114 valence electrons. The van der Waals surface area contributed by atoms with Gasteiger partial charge in [-0.3, -0.25) is 19.3 Å². The molecule has 0 radical (unpaired) electrons. The van der Waals surface area contributed by atoms with Gasteiger partial charge >= 0.3 is 5.69 Å². The minimum atomic E-state index is -0.763. The molecular weight excluding hydrogens is 289 g/mol. The van der Waals surface area contributed by atoms with Crippen LogP contribution in [0.1, 0.15) is 12.5 Å². The molecule has 0 saturated carbocycles. The Bertz CT molecular complexity index is 865. The first-order chi connectivity index (χ1) is 10.4. The van der Waals surface area contributed by atoms with E-state index in [1.165, 1.54) is 31.2 Å². The zero-order valence-electron chi connectivity index (χ0n) is 11.8. The van der Waals surface area contributed by atoms with E-state index >= 15 is 0 Å². The summed E-state index contributed by atoms with van der Waals surface area (Å²) in [5.41, 5.74) is -1.21. The van der Waals surface area contributed by atoms with E-state index in [9.17, 15) is 19.1 Å². The number of nitrogens with one attached hydrogen (secondary N) is 1. The molecule has 0 aliphatic rings. The number of aromatic amines is 1. The Hall–Kier alpha value is -2.96. The second kappa shape index (κ2) is 6.21. The van der Waals surface area contributed by atoms with Gasteiger partial charge in [-0.25, -0.2) is 9.18 Å². The topological polar surface area (TPSA) is 87.4 Å². The summed E-state index contributed by atoms with van der Waals surface area (Å²) in [6.07, 6.45) is 1.41. The van der Waals surface area contributed by atoms with Crippen LogP contribution in [0.15, 0.2) is 51.5 Å². The molecule has 0 aliphatic carbocycles. The lowest BCUT2D eigenvalue weighted by molar-refractivity contribution is 0.409. The molecule has 0 spiro atoms. The number of aromatic nitrogens is 2. The highest BCUT2D eigenvalue weighted by molar-refractivity contribution is 6.01. The summed E-state index contributed by atoms with van der Waals surface area (Å²) in [6.45, 7) is 4.99. The Morgan fingerprint density at radius 1 is 1.50 bits per heavy atom. The van der Waals surface area contributed by atoms with E-state index in [2.05, 4.69) is 16.6 Å². The lowest BCUT2D eigenvalue weighted by atomic mass is 10.2. The van der Waals surface area contributed by atoms with E-state index in [-0.39, 0.29) is 23.5 Å². The van der Waals surface area contributed by atoms with Crippen LogP contribution < -0.4 is 11.2 Å². The van der Waals surface area contributed by atoms with Gasteiger partial charge in [-0.15, -0.1) is 6.58 Å². The van der Waals surface area contributed by atoms with Crippen molar-refractivity contribution in [2.45, 2.75) is 13.5 Å². The molecule has 6 nitrogen and oxygen atoms in total. The summed E-state index contributed by atoms with van der Waals surface area (Å²) < 4.78 is 14.1. The zero-order chi connectivity index (χ0) is 16.3. The lowest BCUT2D eigenvalue weighted by Gasteiger charge is -2.09. The predicted octanol–water partition coefficient (Wildman–Crippen LogP) is 1.71. The summed E-state index contributed by atoms with van der Waals surface area (Å²) >= 11 is 0. The predicted molar refractivity (Wildman–Crippen MR) is 81.5 cm³/mol. The number of rotatable bonds is 4. The highest BCUT2D eigenvalue weighted by atomic mass is 19.1. The number of hydrogen-bond acceptors (Lipinski definition) is 4. The van der Waals surface area contributed by atoms with Gasteiger partial charge in [0, 0.05) is 6.54 Å². The van der Waals surface area contributed by atoms with Gasteiger partial charge in [-0.05, 0) is 25.1 Å². The van der Waals surface area contributed by atoms with Crippen LogP contribution in [0.5, 0.6) is 5.88 Å². The van der Waals surface area contributed by atoms with Gasteiger partial charge < -0.3 is 5.11 Å². The molecule has 1 heterocycles. The van der Waals surface area contributed by atoms with Gasteiger partial charge in [0.25, 0.3) is 5.56 Å². The second-order valence-corrected chi connectivity index (χ2v) is 4.53. The first kappa shape index (κ1) is 15.4. The van der Waals surface area contributed by atoms with Crippen molar-refractivity contribution in [2.75, 3.05) is 0 Å². The van der Waals surface area contributed by atoms with Crippen molar-refractivity contribution in [1.82, 2.24) is 9.55 Å². The Labute approximate surface area is 124 Å². The number of benzene rings is 1. The van der Waals surface area contributed by atoms with Crippen molar-refractivity contribution in [3.63, 3.8) is 0 Å². The molecule has 1 aromatic carbocycles. The molecule has 2 rings (SSSR count). The molecule has 0 bridgehead atoms. The number of allylic oxidation sites excluding steroid dienone is 1. The summed E-state index contributed by atoms with van der Waals surface area (Å²) in [6, 6.07) is 5.49. The minimum Gasteiger partial charge on any atom is -0.494 e. The summed E-state index contributed by atoms with van der Waals surface area (Å²) in [4.78, 5) is 29.7. The largest absolute Gasteiger partial charge is 0.494 e. The van der Waals surface area contributed by atoms with Crippen molar-refractivity contribution in [2.24, 2.45) is 4.99 Å². The Kier molecular flexibility index (Phi) is 4.36. The first-order valence-electron chi connectivity index (χ1n) is 6.42. The van der Waals surface area contributed by atoms with Gasteiger partial charge in [0.15, 0.2) is 0 Å². The fraction of sp³-hybridized carbons (Fsp3) is 0.133. The van der Waals surface area contributed by atoms with E-state index in [1.807, 2.05) is 0 Å². The number of aliphatic imine (C=N–C) groups is 1. The van der Waals surface area contributed by atoms with Crippen LogP contribution in [0.3, 0.4) is 0 Å². The fourth-order valence-electron chi connectivity index (χ4n) is 1.98. The van der Waals surface area contributed by atoms with Gasteiger partial charge in [0.05, 0.1) is 11.4 Å². The van der Waals surface area contributed by atoms with E-state index in [1.54, 1.807) is 6.07 Å². The Morgan fingerprint density at radius 3 is 2.86 bits per heavy atom. The fourth-order valence-corrected chi connectivity index (χ4v) is 1.98. The normalized spacial score (nSPS) is 11.5. The van der Waals surface area contributed by atoms with Gasteiger partial charge in [-0.1, -0.05) is 12.1 Å². The van der Waals surface area contributed by atoms with Crippen LogP contribution >= 0.6 is 0 Å². The maximum absolute atomic E-state index is 13.2. The molecule has 2 N–H and O–H groups in total. The van der Waals surface area contributed by atoms with Crippen molar-refractivity contribution < 1.29 is 9.50 Å².